The third kappa shape index (κ3) is 2.60. The van der Waals surface area contributed by atoms with Gasteiger partial charge in [0.2, 0.25) is 5.91 Å². The highest BCUT2D eigenvalue weighted by atomic mass is 32.1. The number of oxazole rings is 1. The number of fused-ring (bicyclic) bond motifs is 1. The summed E-state index contributed by atoms with van der Waals surface area (Å²) in [7, 11) is 0. The van der Waals surface area contributed by atoms with E-state index in [0.29, 0.717) is 11.3 Å². The van der Waals surface area contributed by atoms with E-state index in [0.717, 1.165) is 11.1 Å². The fourth-order valence-electron chi connectivity index (χ4n) is 1.95. The van der Waals surface area contributed by atoms with Gasteiger partial charge < -0.3 is 14.7 Å². The van der Waals surface area contributed by atoms with Crippen LogP contribution in [0.2, 0.25) is 0 Å². The molecule has 0 aliphatic carbocycles. The summed E-state index contributed by atoms with van der Waals surface area (Å²) < 4.78 is 5.38. The van der Waals surface area contributed by atoms with Gasteiger partial charge in [0, 0.05) is 12.4 Å². The number of aromatic nitrogens is 2. The van der Waals surface area contributed by atoms with Crippen LogP contribution in [0.15, 0.2) is 47.1 Å². The molecule has 0 radical (unpaired) electrons. The summed E-state index contributed by atoms with van der Waals surface area (Å²) in [5, 5.41) is 2.82. The zero-order valence-electron chi connectivity index (χ0n) is 10.4. The molecule has 100 valence electrons. The largest absolute Gasteiger partial charge is 0.427 e. The molecule has 0 fully saturated rings. The lowest BCUT2D eigenvalue weighted by atomic mass is 10.2. The number of pyridine rings is 1. The molecule has 3 rings (SSSR count). The smallest absolute Gasteiger partial charge is 0.266 e. The van der Waals surface area contributed by atoms with E-state index in [1.54, 1.807) is 24.5 Å². The Balaban J connectivity index is 1.82. The molecule has 6 heteroatoms. The van der Waals surface area contributed by atoms with Gasteiger partial charge in [-0.2, -0.15) is 0 Å². The van der Waals surface area contributed by atoms with Crippen LogP contribution in [-0.2, 0) is 11.2 Å². The lowest BCUT2D eigenvalue weighted by Gasteiger charge is -2.05. The summed E-state index contributed by atoms with van der Waals surface area (Å²) >= 11 is 4.95. The second-order valence-electron chi connectivity index (χ2n) is 4.28. The highest BCUT2D eigenvalue weighted by molar-refractivity contribution is 7.71. The summed E-state index contributed by atoms with van der Waals surface area (Å²) in [6, 6.07) is 9.09. The van der Waals surface area contributed by atoms with Gasteiger partial charge in [-0.05, 0) is 36.0 Å². The van der Waals surface area contributed by atoms with Gasteiger partial charge in [0.25, 0.3) is 4.84 Å². The normalized spacial score (nSPS) is 10.6. The molecule has 0 spiro atoms. The van der Waals surface area contributed by atoms with Crippen molar-refractivity contribution < 1.29 is 9.21 Å². The van der Waals surface area contributed by atoms with Gasteiger partial charge in [0.15, 0.2) is 5.58 Å². The second-order valence-corrected chi connectivity index (χ2v) is 4.65. The Morgan fingerprint density at radius 1 is 1.35 bits per heavy atom. The molecule has 1 aromatic carbocycles. The lowest BCUT2D eigenvalue weighted by molar-refractivity contribution is -0.115. The number of nitrogens with zero attached hydrogens (tertiary/aromatic N) is 1. The molecule has 0 aliphatic heterocycles. The summed E-state index contributed by atoms with van der Waals surface area (Å²) in [6.45, 7) is 0. The molecule has 3 aromatic rings. The molecule has 5 nitrogen and oxygen atoms in total. The number of nitrogens with one attached hydrogen (secondary N) is 2. The number of amides is 1. The van der Waals surface area contributed by atoms with Gasteiger partial charge in [0.05, 0.1) is 17.6 Å². The predicted octanol–water partition coefficient (Wildman–Crippen LogP) is 3.07. The topological polar surface area (TPSA) is 70.9 Å². The first-order valence-corrected chi connectivity index (χ1v) is 6.44. The molecule has 2 aromatic heterocycles. The van der Waals surface area contributed by atoms with Crippen molar-refractivity contribution in [3.63, 3.8) is 0 Å². The van der Waals surface area contributed by atoms with Crippen LogP contribution < -0.4 is 5.32 Å². The Bertz CT molecular complexity index is 808. The van der Waals surface area contributed by atoms with Gasteiger partial charge in [-0.1, -0.05) is 12.1 Å². The van der Waals surface area contributed by atoms with Gasteiger partial charge in [-0.3, -0.25) is 9.78 Å². The number of carbonyl (C=O) groups is 1. The van der Waals surface area contributed by atoms with Gasteiger partial charge in [-0.25, -0.2) is 0 Å². The first-order valence-electron chi connectivity index (χ1n) is 6.03. The fraction of sp³-hybridized carbons (Fsp3) is 0.0714. The number of carbonyl (C=O) groups excluding carboxylic acids is 1. The highest BCUT2D eigenvalue weighted by Gasteiger charge is 2.09. The first-order chi connectivity index (χ1) is 9.72. The van der Waals surface area contributed by atoms with Crippen molar-refractivity contribution in [2.45, 2.75) is 6.42 Å². The summed E-state index contributed by atoms with van der Waals surface area (Å²) in [6.07, 6.45) is 3.60. The van der Waals surface area contributed by atoms with Crippen molar-refractivity contribution >= 4 is 34.9 Å². The number of rotatable bonds is 3. The molecule has 0 bridgehead atoms. The summed E-state index contributed by atoms with van der Waals surface area (Å²) in [4.78, 5) is 19.2. The molecule has 20 heavy (non-hydrogen) atoms. The van der Waals surface area contributed by atoms with E-state index >= 15 is 0 Å². The lowest BCUT2D eigenvalue weighted by Crippen LogP contribution is -2.14. The predicted molar refractivity (Wildman–Crippen MR) is 78.0 cm³/mol. The van der Waals surface area contributed by atoms with E-state index in [9.17, 15) is 4.79 Å². The Kier molecular flexibility index (Phi) is 3.30. The van der Waals surface area contributed by atoms with Crippen LogP contribution in [0.4, 0.5) is 5.69 Å². The van der Waals surface area contributed by atoms with E-state index in [1.807, 2.05) is 18.2 Å². The number of anilines is 1. The molecule has 0 unspecified atom stereocenters. The number of aromatic amines is 1. The molecule has 2 heterocycles. The van der Waals surface area contributed by atoms with E-state index in [-0.39, 0.29) is 17.2 Å². The maximum absolute atomic E-state index is 12.0. The SMILES string of the molecule is O=C(Cc1cccnc1)Nc1cccc2[nH]c(=S)oc12. The molecule has 0 saturated carbocycles. The van der Waals surface area contributed by atoms with Crippen molar-refractivity contribution in [2.75, 3.05) is 5.32 Å². The van der Waals surface area contributed by atoms with Crippen LogP contribution >= 0.6 is 12.2 Å². The first kappa shape index (κ1) is 12.6. The van der Waals surface area contributed by atoms with Gasteiger partial charge in [0.1, 0.15) is 0 Å². The van der Waals surface area contributed by atoms with Gasteiger partial charge in [-0.15, -0.1) is 0 Å². The minimum absolute atomic E-state index is 0.132. The van der Waals surface area contributed by atoms with Crippen LogP contribution in [0.3, 0.4) is 0 Å². The van der Waals surface area contributed by atoms with E-state index in [2.05, 4.69) is 15.3 Å². The quantitative estimate of drug-likeness (QED) is 0.725. The number of H-pyrrole nitrogens is 1. The number of benzene rings is 1. The molecule has 0 aliphatic rings. The van der Waals surface area contributed by atoms with Crippen molar-refractivity contribution in [3.05, 3.63) is 53.1 Å². The van der Waals surface area contributed by atoms with E-state index in [1.165, 1.54) is 0 Å². The maximum Gasteiger partial charge on any atom is 0.266 e. The number of hydrogen-bond donors (Lipinski definition) is 2. The zero-order valence-corrected chi connectivity index (χ0v) is 11.2. The molecule has 2 N–H and O–H groups in total. The van der Waals surface area contributed by atoms with Crippen molar-refractivity contribution in [3.8, 4) is 0 Å². The zero-order chi connectivity index (χ0) is 13.9. The minimum Gasteiger partial charge on any atom is -0.427 e. The Labute approximate surface area is 119 Å². The molecule has 0 saturated heterocycles. The molecular formula is C14H11N3O2S. The van der Waals surface area contributed by atoms with Crippen LogP contribution in [-0.4, -0.2) is 15.9 Å². The second kappa shape index (κ2) is 5.26. The van der Waals surface area contributed by atoms with E-state index < -0.39 is 0 Å². The maximum atomic E-state index is 12.0. The van der Waals surface area contributed by atoms with Crippen molar-refractivity contribution in [1.29, 1.82) is 0 Å². The van der Waals surface area contributed by atoms with Crippen molar-refractivity contribution in [1.82, 2.24) is 9.97 Å². The average Bonchev–Trinajstić information content (AvgIpc) is 2.81. The average molecular weight is 285 g/mol. The minimum atomic E-state index is -0.132. The van der Waals surface area contributed by atoms with E-state index in [4.69, 9.17) is 16.6 Å². The Morgan fingerprint density at radius 3 is 3.05 bits per heavy atom. The molecule has 1 amide bonds. The van der Waals surface area contributed by atoms with Crippen LogP contribution in [0, 0.1) is 4.84 Å². The monoisotopic (exact) mass is 285 g/mol. The Morgan fingerprint density at radius 2 is 2.25 bits per heavy atom. The Hall–Kier alpha value is -2.47. The number of hydrogen-bond acceptors (Lipinski definition) is 4. The van der Waals surface area contributed by atoms with Crippen LogP contribution in [0.1, 0.15) is 5.56 Å². The third-order valence-corrected chi connectivity index (χ3v) is 2.99. The van der Waals surface area contributed by atoms with Crippen molar-refractivity contribution in [2.24, 2.45) is 0 Å². The van der Waals surface area contributed by atoms with Crippen LogP contribution in [0.5, 0.6) is 0 Å². The highest BCUT2D eigenvalue weighted by Crippen LogP contribution is 2.23. The summed E-state index contributed by atoms with van der Waals surface area (Å²) in [5.74, 6) is -0.132. The fourth-order valence-corrected chi connectivity index (χ4v) is 2.15. The standard InChI is InChI=1S/C14H11N3O2S/c18-12(7-9-3-2-6-15-8-9)16-10-4-1-5-11-13(10)19-14(20)17-11/h1-6,8H,7H2,(H,16,18)(H,17,20). The molecular weight excluding hydrogens is 274 g/mol. The number of para-hydroxylation sites is 1. The van der Waals surface area contributed by atoms with Gasteiger partial charge >= 0.3 is 0 Å². The third-order valence-electron chi connectivity index (χ3n) is 2.81. The van der Waals surface area contributed by atoms with Crippen LogP contribution in [0.25, 0.3) is 11.1 Å². The summed E-state index contributed by atoms with van der Waals surface area (Å²) in [5.41, 5.74) is 2.77. The molecule has 0 atom stereocenters.